The van der Waals surface area contributed by atoms with Crippen LogP contribution < -0.4 is 10.6 Å². The first-order chi connectivity index (χ1) is 16.9. The van der Waals surface area contributed by atoms with Gasteiger partial charge in [-0.25, -0.2) is 4.98 Å². The summed E-state index contributed by atoms with van der Waals surface area (Å²) < 4.78 is 7.18. The predicted octanol–water partition coefficient (Wildman–Crippen LogP) is 3.33. The second kappa shape index (κ2) is 11.2. The van der Waals surface area contributed by atoms with E-state index in [9.17, 15) is 14.4 Å². The normalized spacial score (nSPS) is 18.7. The van der Waals surface area contributed by atoms with E-state index in [0.29, 0.717) is 49.3 Å². The number of aromatic nitrogens is 2. The Kier molecular flexibility index (Phi) is 8.05. The van der Waals surface area contributed by atoms with E-state index >= 15 is 0 Å². The number of carbonyl (C=O) groups is 3. The fourth-order valence-electron chi connectivity index (χ4n) is 5.15. The number of nitrogens with zero attached hydrogens (tertiary/aromatic N) is 3. The number of methoxy groups -OCH3 is 1. The third-order valence-electron chi connectivity index (χ3n) is 7.11. The number of ether oxygens (including phenoxy) is 1. The average molecular weight is 484 g/mol. The summed E-state index contributed by atoms with van der Waals surface area (Å²) in [6.45, 7) is 5.43. The van der Waals surface area contributed by atoms with Crippen LogP contribution in [0.2, 0.25) is 0 Å². The van der Waals surface area contributed by atoms with Crippen molar-refractivity contribution in [1.29, 1.82) is 0 Å². The quantitative estimate of drug-likeness (QED) is 0.569. The van der Waals surface area contributed by atoms with E-state index in [1.165, 1.54) is 6.42 Å². The summed E-state index contributed by atoms with van der Waals surface area (Å²) >= 11 is 0. The first-order valence-electron chi connectivity index (χ1n) is 12.8. The van der Waals surface area contributed by atoms with Gasteiger partial charge in [-0.2, -0.15) is 0 Å². The molecule has 2 aromatic rings. The van der Waals surface area contributed by atoms with Gasteiger partial charge in [0, 0.05) is 50.3 Å². The lowest BCUT2D eigenvalue weighted by Crippen LogP contribution is -2.45. The Morgan fingerprint density at radius 3 is 2.66 bits per heavy atom. The molecule has 1 aliphatic heterocycles. The van der Waals surface area contributed by atoms with Crippen LogP contribution >= 0.6 is 0 Å². The number of nitrogens with one attached hydrogen (secondary N) is 2. The van der Waals surface area contributed by atoms with Crippen LogP contribution in [-0.2, 0) is 20.9 Å². The van der Waals surface area contributed by atoms with Crippen molar-refractivity contribution in [1.82, 2.24) is 19.8 Å². The van der Waals surface area contributed by atoms with E-state index in [-0.39, 0.29) is 35.7 Å². The molecule has 2 N–H and O–H groups in total. The Hall–Kier alpha value is -2.94. The largest absolute Gasteiger partial charge is 0.383 e. The maximum absolute atomic E-state index is 14.0. The van der Waals surface area contributed by atoms with Gasteiger partial charge in [-0.3, -0.25) is 14.4 Å². The lowest BCUT2D eigenvalue weighted by atomic mass is 9.88. The summed E-state index contributed by atoms with van der Waals surface area (Å²) in [6, 6.07) is 3.49. The van der Waals surface area contributed by atoms with Crippen molar-refractivity contribution < 1.29 is 19.1 Å². The third kappa shape index (κ3) is 5.83. The highest BCUT2D eigenvalue weighted by molar-refractivity contribution is 6.08. The summed E-state index contributed by atoms with van der Waals surface area (Å²) in [5, 5.41) is 6.02. The maximum atomic E-state index is 14.0. The molecule has 9 nitrogen and oxygen atoms in total. The summed E-state index contributed by atoms with van der Waals surface area (Å²) in [7, 11) is 1.64. The summed E-state index contributed by atoms with van der Waals surface area (Å²) in [4.78, 5) is 45.0. The molecule has 1 atom stereocenters. The highest BCUT2D eigenvalue weighted by Crippen LogP contribution is 2.29. The highest BCUT2D eigenvalue weighted by atomic mass is 16.5. The molecule has 1 saturated carbocycles. The molecule has 0 bridgehead atoms. The zero-order valence-corrected chi connectivity index (χ0v) is 21.0. The second-order valence-corrected chi connectivity index (χ2v) is 10.0. The Balaban J connectivity index is 1.67. The molecule has 1 aromatic heterocycles. The SMILES string of the molecule is COCCn1cnc2cc(NC(=O)C3CCCCC3)cc(C(=O)N(C[C@@H]3CCC(=O)N3)C(C)C)c21. The van der Waals surface area contributed by atoms with Gasteiger partial charge in [-0.05, 0) is 45.2 Å². The third-order valence-corrected chi connectivity index (χ3v) is 7.11. The van der Waals surface area contributed by atoms with Crippen molar-refractivity contribution in [3.63, 3.8) is 0 Å². The Morgan fingerprint density at radius 1 is 1.23 bits per heavy atom. The number of carbonyl (C=O) groups excluding carboxylic acids is 3. The fraction of sp³-hybridized carbons (Fsp3) is 0.615. The molecule has 3 amide bonds. The van der Waals surface area contributed by atoms with Gasteiger partial charge in [-0.15, -0.1) is 0 Å². The molecule has 2 aliphatic rings. The van der Waals surface area contributed by atoms with Gasteiger partial charge in [0.2, 0.25) is 11.8 Å². The average Bonchev–Trinajstić information content (AvgIpc) is 3.46. The topological polar surface area (TPSA) is 106 Å². The number of anilines is 1. The first-order valence-corrected chi connectivity index (χ1v) is 12.8. The van der Waals surface area contributed by atoms with Crippen LogP contribution in [0.5, 0.6) is 0 Å². The molecule has 190 valence electrons. The van der Waals surface area contributed by atoms with E-state index in [4.69, 9.17) is 4.74 Å². The van der Waals surface area contributed by atoms with E-state index in [0.717, 1.165) is 31.2 Å². The molecule has 2 fully saturated rings. The minimum atomic E-state index is -0.140. The van der Waals surface area contributed by atoms with E-state index in [1.54, 1.807) is 24.4 Å². The summed E-state index contributed by atoms with van der Waals surface area (Å²) in [5.74, 6) is -0.0932. The molecular weight excluding hydrogens is 446 g/mol. The standard InChI is InChI=1S/C26H37N5O4/c1-17(2)31(15-19-9-10-23(32)28-19)26(34)21-13-20(29-25(33)18-7-5-4-6-8-18)14-22-24(21)30(16-27-22)11-12-35-3/h13-14,16-19H,4-12,15H2,1-3H3,(H,28,32)(H,29,33)/t19-/m0/s1. The molecule has 1 saturated heterocycles. The van der Waals surface area contributed by atoms with Crippen molar-refractivity contribution >= 4 is 34.4 Å². The van der Waals surface area contributed by atoms with Gasteiger partial charge in [0.05, 0.1) is 29.5 Å². The Labute approximate surface area is 206 Å². The van der Waals surface area contributed by atoms with Gasteiger partial charge in [0.25, 0.3) is 5.91 Å². The molecule has 0 unspecified atom stereocenters. The minimum absolute atomic E-state index is 0.00986. The molecule has 9 heteroatoms. The van der Waals surface area contributed by atoms with Crippen molar-refractivity contribution in [3.8, 4) is 0 Å². The molecule has 2 heterocycles. The van der Waals surface area contributed by atoms with E-state index < -0.39 is 0 Å². The molecule has 0 radical (unpaired) electrons. The number of rotatable bonds is 9. The fourth-order valence-corrected chi connectivity index (χ4v) is 5.15. The van der Waals surface area contributed by atoms with Crippen molar-refractivity contribution in [2.75, 3.05) is 25.6 Å². The molecule has 4 rings (SSSR count). The van der Waals surface area contributed by atoms with Crippen molar-refractivity contribution in [3.05, 3.63) is 24.0 Å². The Morgan fingerprint density at radius 2 is 2.00 bits per heavy atom. The molecule has 1 aromatic carbocycles. The van der Waals surface area contributed by atoms with Gasteiger partial charge in [-0.1, -0.05) is 19.3 Å². The van der Waals surface area contributed by atoms with E-state index in [2.05, 4.69) is 15.6 Å². The number of hydrogen-bond acceptors (Lipinski definition) is 5. The van der Waals surface area contributed by atoms with E-state index in [1.807, 2.05) is 24.5 Å². The van der Waals surface area contributed by atoms with Gasteiger partial charge in [0.15, 0.2) is 0 Å². The van der Waals surface area contributed by atoms with Gasteiger partial charge >= 0.3 is 0 Å². The molecule has 0 spiro atoms. The van der Waals surface area contributed by atoms with Crippen LogP contribution in [0.3, 0.4) is 0 Å². The second-order valence-electron chi connectivity index (χ2n) is 10.0. The number of hydrogen-bond donors (Lipinski definition) is 2. The lowest BCUT2D eigenvalue weighted by Gasteiger charge is -2.30. The highest BCUT2D eigenvalue weighted by Gasteiger charge is 2.30. The van der Waals surface area contributed by atoms with Crippen LogP contribution in [0.15, 0.2) is 18.5 Å². The minimum Gasteiger partial charge on any atom is -0.383 e. The molecule has 1 aliphatic carbocycles. The number of imidazole rings is 1. The van der Waals surface area contributed by atoms with Crippen molar-refractivity contribution in [2.45, 2.75) is 77.4 Å². The predicted molar refractivity (Wildman–Crippen MR) is 134 cm³/mol. The van der Waals surface area contributed by atoms with Gasteiger partial charge < -0.3 is 24.8 Å². The lowest BCUT2D eigenvalue weighted by molar-refractivity contribution is -0.121. The zero-order valence-electron chi connectivity index (χ0n) is 21.0. The molecule has 35 heavy (non-hydrogen) atoms. The zero-order chi connectivity index (χ0) is 24.9. The van der Waals surface area contributed by atoms with Crippen LogP contribution in [0.4, 0.5) is 5.69 Å². The smallest absolute Gasteiger partial charge is 0.256 e. The van der Waals surface area contributed by atoms with Crippen LogP contribution in [0.1, 0.15) is 69.2 Å². The monoisotopic (exact) mass is 483 g/mol. The van der Waals surface area contributed by atoms with Gasteiger partial charge in [0.1, 0.15) is 0 Å². The van der Waals surface area contributed by atoms with Crippen LogP contribution in [0.25, 0.3) is 11.0 Å². The molecular formula is C26H37N5O4. The van der Waals surface area contributed by atoms with Crippen LogP contribution in [-0.4, -0.2) is 64.5 Å². The summed E-state index contributed by atoms with van der Waals surface area (Å²) in [5.41, 5.74) is 2.46. The number of benzene rings is 1. The first kappa shape index (κ1) is 25.2. The van der Waals surface area contributed by atoms with Crippen molar-refractivity contribution in [2.24, 2.45) is 5.92 Å². The number of fused-ring (bicyclic) bond motifs is 1. The number of amides is 3. The summed E-state index contributed by atoms with van der Waals surface area (Å²) in [6.07, 6.45) is 8.05. The maximum Gasteiger partial charge on any atom is 0.256 e. The van der Waals surface area contributed by atoms with Crippen LogP contribution in [0, 0.1) is 5.92 Å². The Bertz CT molecular complexity index is 1070.